The average Bonchev–Trinajstić information content (AvgIpc) is 3.29. The molecule has 27 heavy (non-hydrogen) atoms. The number of halogens is 1. The molecule has 1 aliphatic rings. The van der Waals surface area contributed by atoms with E-state index in [2.05, 4.69) is 25.7 Å². The first-order valence-electron chi connectivity index (χ1n) is 8.65. The van der Waals surface area contributed by atoms with Gasteiger partial charge in [-0.1, -0.05) is 24.3 Å². The smallest absolute Gasteiger partial charge is 0.242 e. The lowest BCUT2D eigenvalue weighted by Crippen LogP contribution is -2.30. The summed E-state index contributed by atoms with van der Waals surface area (Å²) >= 11 is 0. The summed E-state index contributed by atoms with van der Waals surface area (Å²) in [5.41, 5.74) is 1.91. The summed E-state index contributed by atoms with van der Waals surface area (Å²) in [5.74, 6) is 0.409. The van der Waals surface area contributed by atoms with E-state index in [1.54, 1.807) is 16.6 Å². The van der Waals surface area contributed by atoms with Crippen LogP contribution in [0.5, 0.6) is 0 Å². The zero-order valence-corrected chi connectivity index (χ0v) is 14.2. The van der Waals surface area contributed by atoms with Crippen molar-refractivity contribution in [2.24, 2.45) is 0 Å². The van der Waals surface area contributed by atoms with Crippen LogP contribution in [0.3, 0.4) is 0 Å². The third-order valence-electron chi connectivity index (χ3n) is 4.61. The number of rotatable bonds is 3. The molecule has 1 fully saturated rings. The third-order valence-corrected chi connectivity index (χ3v) is 4.61. The van der Waals surface area contributed by atoms with Crippen molar-refractivity contribution in [1.82, 2.24) is 24.9 Å². The molecule has 2 aromatic heterocycles. The first-order chi connectivity index (χ1) is 13.2. The Balaban J connectivity index is 1.71. The maximum atomic E-state index is 13.6. The molecule has 1 aliphatic heterocycles. The van der Waals surface area contributed by atoms with Gasteiger partial charge in [-0.15, -0.1) is 5.10 Å². The molecular weight excluding hydrogens is 347 g/mol. The van der Waals surface area contributed by atoms with Gasteiger partial charge in [-0.05, 0) is 30.7 Å². The molecule has 8 heteroatoms. The van der Waals surface area contributed by atoms with Crippen LogP contribution in [0.1, 0.15) is 6.42 Å². The van der Waals surface area contributed by atoms with Gasteiger partial charge in [0.25, 0.3) is 0 Å². The maximum absolute atomic E-state index is 13.6. The monoisotopic (exact) mass is 362 g/mol. The van der Waals surface area contributed by atoms with E-state index < -0.39 is 0 Å². The van der Waals surface area contributed by atoms with Crippen molar-refractivity contribution in [2.75, 3.05) is 11.9 Å². The highest BCUT2D eigenvalue weighted by Crippen LogP contribution is 2.25. The number of benzene rings is 2. The Hall–Kier alpha value is -3.55. The van der Waals surface area contributed by atoms with Crippen LogP contribution in [0.25, 0.3) is 27.9 Å². The van der Waals surface area contributed by atoms with Crippen LogP contribution in [0.4, 0.5) is 10.3 Å². The summed E-state index contributed by atoms with van der Waals surface area (Å²) < 4.78 is 15.2. The molecule has 4 aromatic rings. The van der Waals surface area contributed by atoms with E-state index >= 15 is 0 Å². The molecule has 0 unspecified atom stereocenters. The minimum atomic E-state index is -0.372. The van der Waals surface area contributed by atoms with Gasteiger partial charge in [0.2, 0.25) is 11.9 Å². The Morgan fingerprint density at radius 3 is 2.85 bits per heavy atom. The summed E-state index contributed by atoms with van der Waals surface area (Å²) in [7, 11) is 0. The lowest BCUT2D eigenvalue weighted by Gasteiger charge is -2.12. The van der Waals surface area contributed by atoms with Crippen LogP contribution in [0.2, 0.25) is 0 Å². The number of amides is 1. The lowest BCUT2D eigenvalue weighted by molar-refractivity contribution is -0.119. The molecule has 1 atom stereocenters. The zero-order chi connectivity index (χ0) is 18.4. The number of carbonyl (C=O) groups is 1. The molecule has 0 bridgehead atoms. The van der Waals surface area contributed by atoms with Crippen LogP contribution in [-0.2, 0) is 4.79 Å². The molecule has 1 saturated heterocycles. The first kappa shape index (κ1) is 15.7. The van der Waals surface area contributed by atoms with Gasteiger partial charge >= 0.3 is 0 Å². The third kappa shape index (κ3) is 2.66. The molecule has 2 aromatic carbocycles. The van der Waals surface area contributed by atoms with Gasteiger partial charge < -0.3 is 10.6 Å². The van der Waals surface area contributed by atoms with Gasteiger partial charge in [-0.25, -0.2) is 14.4 Å². The molecule has 3 heterocycles. The molecule has 0 spiro atoms. The van der Waals surface area contributed by atoms with Gasteiger partial charge in [0, 0.05) is 17.5 Å². The van der Waals surface area contributed by atoms with Crippen LogP contribution in [0.15, 0.2) is 48.5 Å². The molecule has 7 nitrogen and oxygen atoms in total. The highest BCUT2D eigenvalue weighted by molar-refractivity contribution is 5.93. The Labute approximate surface area is 153 Å². The Bertz CT molecular complexity index is 1190. The maximum Gasteiger partial charge on any atom is 0.242 e. The van der Waals surface area contributed by atoms with Gasteiger partial charge in [0.15, 0.2) is 11.5 Å². The van der Waals surface area contributed by atoms with Crippen molar-refractivity contribution in [3.05, 3.63) is 54.3 Å². The number of hydrogen-bond donors (Lipinski definition) is 2. The number of carbonyl (C=O) groups excluding carboxylic acids is 1. The van der Waals surface area contributed by atoms with Crippen molar-refractivity contribution in [2.45, 2.75) is 12.5 Å². The molecule has 134 valence electrons. The highest BCUT2D eigenvalue weighted by atomic mass is 19.1. The summed E-state index contributed by atoms with van der Waals surface area (Å²) in [6.07, 6.45) is 0.667. The quantitative estimate of drug-likeness (QED) is 0.585. The van der Waals surface area contributed by atoms with E-state index in [0.29, 0.717) is 35.9 Å². The van der Waals surface area contributed by atoms with Crippen molar-refractivity contribution >= 4 is 28.4 Å². The lowest BCUT2D eigenvalue weighted by atomic mass is 10.2. The molecular formula is C19H15FN6O. The SMILES string of the molecule is O=C1NCC[C@@H]1Nc1nc2ccccc2c2nc(-c3cccc(F)c3)nn12. The van der Waals surface area contributed by atoms with E-state index in [9.17, 15) is 9.18 Å². The summed E-state index contributed by atoms with van der Waals surface area (Å²) in [4.78, 5) is 21.2. The fraction of sp³-hybridized carbons (Fsp3) is 0.158. The Morgan fingerprint density at radius 1 is 1.15 bits per heavy atom. The van der Waals surface area contributed by atoms with E-state index in [0.717, 1.165) is 10.9 Å². The predicted octanol–water partition coefficient (Wildman–Crippen LogP) is 2.38. The summed E-state index contributed by atoms with van der Waals surface area (Å²) in [5, 5.41) is 11.3. The second-order valence-corrected chi connectivity index (χ2v) is 6.41. The zero-order valence-electron chi connectivity index (χ0n) is 14.2. The van der Waals surface area contributed by atoms with Crippen LogP contribution < -0.4 is 10.6 Å². The largest absolute Gasteiger partial charge is 0.354 e. The van der Waals surface area contributed by atoms with Crippen molar-refractivity contribution in [3.8, 4) is 11.4 Å². The van der Waals surface area contributed by atoms with Crippen molar-refractivity contribution in [3.63, 3.8) is 0 Å². The number of aromatic nitrogens is 4. The summed E-state index contributed by atoms with van der Waals surface area (Å²) in [6, 6.07) is 13.4. The predicted molar refractivity (Wildman–Crippen MR) is 98.7 cm³/mol. The molecule has 0 aliphatic carbocycles. The number of para-hydroxylation sites is 1. The molecule has 1 amide bonds. The van der Waals surface area contributed by atoms with Gasteiger partial charge in [-0.3, -0.25) is 4.79 Å². The normalized spacial score (nSPS) is 16.8. The minimum absolute atomic E-state index is 0.0661. The molecule has 5 rings (SSSR count). The Morgan fingerprint density at radius 2 is 2.04 bits per heavy atom. The van der Waals surface area contributed by atoms with Gasteiger partial charge in [-0.2, -0.15) is 4.52 Å². The summed E-state index contributed by atoms with van der Waals surface area (Å²) in [6.45, 7) is 0.624. The van der Waals surface area contributed by atoms with E-state index in [1.165, 1.54) is 12.1 Å². The van der Waals surface area contributed by atoms with Crippen LogP contribution >= 0.6 is 0 Å². The van der Waals surface area contributed by atoms with Crippen LogP contribution in [-0.4, -0.2) is 38.1 Å². The van der Waals surface area contributed by atoms with E-state index in [1.807, 2.05) is 24.3 Å². The Kier molecular flexibility index (Phi) is 3.49. The first-order valence-corrected chi connectivity index (χ1v) is 8.65. The van der Waals surface area contributed by atoms with E-state index in [-0.39, 0.29) is 17.8 Å². The van der Waals surface area contributed by atoms with Crippen molar-refractivity contribution in [1.29, 1.82) is 0 Å². The highest BCUT2D eigenvalue weighted by Gasteiger charge is 2.26. The number of fused-ring (bicyclic) bond motifs is 3. The number of nitrogens with one attached hydrogen (secondary N) is 2. The minimum Gasteiger partial charge on any atom is -0.354 e. The number of anilines is 1. The topological polar surface area (TPSA) is 84.2 Å². The van der Waals surface area contributed by atoms with Crippen molar-refractivity contribution < 1.29 is 9.18 Å². The second kappa shape index (κ2) is 6.01. The van der Waals surface area contributed by atoms with Gasteiger partial charge in [0.1, 0.15) is 11.9 Å². The average molecular weight is 362 g/mol. The number of hydrogen-bond acceptors (Lipinski definition) is 5. The standard InChI is InChI=1S/C19H15FN6O/c20-12-5-3-4-11(10-12)16-24-17-13-6-1-2-7-14(13)22-19(26(17)25-16)23-15-8-9-21-18(15)27/h1-7,10,15H,8-9H2,(H,21,27)(H,22,23)/t15-/m0/s1. The fourth-order valence-electron chi connectivity index (χ4n) is 3.29. The van der Waals surface area contributed by atoms with E-state index in [4.69, 9.17) is 0 Å². The fourth-order valence-corrected chi connectivity index (χ4v) is 3.29. The molecule has 0 saturated carbocycles. The second-order valence-electron chi connectivity index (χ2n) is 6.41. The molecule has 0 radical (unpaired) electrons. The van der Waals surface area contributed by atoms with Crippen LogP contribution in [0, 0.1) is 5.82 Å². The molecule has 2 N–H and O–H groups in total. The van der Waals surface area contributed by atoms with Gasteiger partial charge in [0.05, 0.1) is 5.52 Å². The number of nitrogens with zero attached hydrogens (tertiary/aromatic N) is 4.